The summed E-state index contributed by atoms with van der Waals surface area (Å²) in [4.78, 5) is 27.9. The highest BCUT2D eigenvalue weighted by molar-refractivity contribution is 6.18. The van der Waals surface area contributed by atoms with E-state index in [4.69, 9.17) is 39.4 Å². The van der Waals surface area contributed by atoms with Gasteiger partial charge < -0.3 is 36.2 Å². The fourth-order valence-corrected chi connectivity index (χ4v) is 7.70. The van der Waals surface area contributed by atoms with Gasteiger partial charge in [0.2, 0.25) is 17.1 Å². The number of benzene rings is 5. The first-order valence-corrected chi connectivity index (χ1v) is 21.2. The van der Waals surface area contributed by atoms with Crippen LogP contribution in [-0.4, -0.2) is 88.0 Å². The lowest BCUT2D eigenvalue weighted by Crippen LogP contribution is -2.49. The van der Waals surface area contributed by atoms with E-state index in [0.29, 0.717) is 78.8 Å². The van der Waals surface area contributed by atoms with Crippen LogP contribution in [0.4, 0.5) is 17.1 Å². The Labute approximate surface area is 357 Å². The van der Waals surface area contributed by atoms with Gasteiger partial charge in [-0.2, -0.15) is 4.57 Å². The summed E-state index contributed by atoms with van der Waals surface area (Å²) in [6, 6.07) is 38.0. The number of hydrogen-bond acceptors (Lipinski definition) is 6. The fraction of sp³-hybridized carbons (Fsp3) is 0.298. The Morgan fingerprint density at radius 1 is 0.746 bits per heavy atom. The number of carbonyl (C=O) groups is 2. The number of nitrogens with one attached hydrogen (secondary N) is 2. The quantitative estimate of drug-likeness (QED) is 0.0161. The number of nitrogens with zero attached hydrogens (tertiary/aromatic N) is 3. The van der Waals surface area contributed by atoms with Gasteiger partial charge in [-0.1, -0.05) is 36.4 Å². The van der Waals surface area contributed by atoms with Gasteiger partial charge >= 0.3 is 0 Å². The van der Waals surface area contributed by atoms with Gasteiger partial charge in [-0.25, -0.2) is 0 Å². The van der Waals surface area contributed by atoms with E-state index in [1.165, 1.54) is 0 Å². The molecule has 10 nitrogen and oxygen atoms in total. The number of alkyl halides is 2. The number of halogens is 2. The Morgan fingerprint density at radius 3 is 2.07 bits per heavy atom. The van der Waals surface area contributed by atoms with Crippen molar-refractivity contribution >= 4 is 73.8 Å². The highest BCUT2D eigenvalue weighted by atomic mass is 35.5. The van der Waals surface area contributed by atoms with E-state index in [1.54, 1.807) is 0 Å². The highest BCUT2D eigenvalue weighted by Crippen LogP contribution is 2.33. The molecular weight excluding hydrogens is 781 g/mol. The zero-order valence-corrected chi connectivity index (χ0v) is 35.4. The van der Waals surface area contributed by atoms with E-state index < -0.39 is 0 Å². The first-order valence-electron chi connectivity index (χ1n) is 20.1. The number of aromatic nitrogens is 1. The number of rotatable bonds is 20. The number of likely N-dealkylation sites (N-methyl/N-ethyl adjacent to an activating group) is 1. The van der Waals surface area contributed by atoms with Gasteiger partial charge in [0.1, 0.15) is 5.75 Å². The predicted molar refractivity (Wildman–Crippen MR) is 243 cm³/mol. The summed E-state index contributed by atoms with van der Waals surface area (Å²) >= 11 is 11.9. The Balaban J connectivity index is 0.973. The minimum absolute atomic E-state index is 0.00388. The number of anilines is 3. The summed E-state index contributed by atoms with van der Waals surface area (Å²) in [5.74, 6) is 1.69. The molecule has 0 atom stereocenters. The minimum Gasteiger partial charge on any atom is -0.494 e. The van der Waals surface area contributed by atoms with Crippen LogP contribution in [0, 0.1) is 0 Å². The molecule has 59 heavy (non-hydrogen) atoms. The Hall–Kier alpha value is -5.55. The SMILES string of the molecule is C[N+](C)(CCNC(=O)CCCOc1ccc(N(CCCl)CCCl)cc1)CCNC(=O)c1ccc(C[n+]2c(-c3ccccc3)c3cc(N)ccc3c3ccc(N)cc32)cc1. The third-order valence-corrected chi connectivity index (χ3v) is 10.9. The smallest absolute Gasteiger partial charge is 0.251 e. The number of amides is 2. The zero-order valence-electron chi connectivity index (χ0n) is 33.9. The van der Waals surface area contributed by atoms with Crippen molar-refractivity contribution in [3.05, 3.63) is 126 Å². The molecule has 308 valence electrons. The molecule has 0 unspecified atom stereocenters. The number of quaternary nitrogens is 1. The second-order valence-corrected chi connectivity index (χ2v) is 16.1. The molecule has 6 rings (SSSR count). The van der Waals surface area contributed by atoms with E-state index >= 15 is 0 Å². The van der Waals surface area contributed by atoms with Crippen molar-refractivity contribution in [3.63, 3.8) is 0 Å². The van der Waals surface area contributed by atoms with Crippen molar-refractivity contribution in [1.82, 2.24) is 10.6 Å². The molecule has 1 heterocycles. The molecule has 0 bridgehead atoms. The Bertz CT molecular complexity index is 2330. The molecule has 0 aliphatic rings. The van der Waals surface area contributed by atoms with Crippen LogP contribution in [0.5, 0.6) is 5.75 Å². The number of hydrogen-bond donors (Lipinski definition) is 4. The van der Waals surface area contributed by atoms with Crippen LogP contribution in [-0.2, 0) is 11.3 Å². The second-order valence-electron chi connectivity index (χ2n) is 15.4. The van der Waals surface area contributed by atoms with Gasteiger partial charge in [-0.05, 0) is 79.2 Å². The molecule has 0 fully saturated rings. The van der Waals surface area contributed by atoms with Crippen LogP contribution in [0.15, 0.2) is 115 Å². The third kappa shape index (κ3) is 11.6. The van der Waals surface area contributed by atoms with Crippen LogP contribution in [0.25, 0.3) is 32.9 Å². The van der Waals surface area contributed by atoms with Crippen molar-refractivity contribution < 1.29 is 23.4 Å². The van der Waals surface area contributed by atoms with Crippen molar-refractivity contribution in [2.45, 2.75) is 19.4 Å². The number of carbonyl (C=O) groups excluding carboxylic acids is 2. The molecule has 0 aliphatic carbocycles. The normalized spacial score (nSPS) is 11.5. The highest BCUT2D eigenvalue weighted by Gasteiger charge is 2.24. The van der Waals surface area contributed by atoms with Crippen LogP contribution >= 0.6 is 23.2 Å². The molecule has 0 saturated heterocycles. The zero-order chi connectivity index (χ0) is 41.8. The van der Waals surface area contributed by atoms with Crippen molar-refractivity contribution in [2.24, 2.45) is 0 Å². The van der Waals surface area contributed by atoms with E-state index in [0.717, 1.165) is 69.6 Å². The molecule has 6 N–H and O–H groups in total. The van der Waals surface area contributed by atoms with Gasteiger partial charge in [-0.3, -0.25) is 9.59 Å². The first-order chi connectivity index (χ1) is 28.5. The van der Waals surface area contributed by atoms with Gasteiger partial charge in [0, 0.05) is 76.5 Å². The van der Waals surface area contributed by atoms with Crippen molar-refractivity contribution in [1.29, 1.82) is 0 Å². The Kier molecular flexibility index (Phi) is 14.9. The summed E-state index contributed by atoms with van der Waals surface area (Å²) in [6.07, 6.45) is 0.997. The first kappa shape index (κ1) is 43.0. The number of fused-ring (bicyclic) bond motifs is 3. The van der Waals surface area contributed by atoms with Gasteiger partial charge in [0.15, 0.2) is 6.54 Å². The lowest BCUT2D eigenvalue weighted by Gasteiger charge is -2.30. The maximum Gasteiger partial charge on any atom is 0.251 e. The molecule has 0 spiro atoms. The average molecular weight is 837 g/mol. The van der Waals surface area contributed by atoms with Crippen molar-refractivity contribution in [2.75, 3.05) is 88.1 Å². The molecule has 12 heteroatoms. The van der Waals surface area contributed by atoms with Crippen molar-refractivity contribution in [3.8, 4) is 17.0 Å². The topological polar surface area (TPSA) is 127 Å². The number of nitrogen functional groups attached to an aromatic ring is 2. The van der Waals surface area contributed by atoms with Crippen LogP contribution < -0.4 is 36.3 Å². The van der Waals surface area contributed by atoms with Crippen LogP contribution in [0.2, 0.25) is 0 Å². The fourth-order valence-electron chi connectivity index (χ4n) is 7.30. The molecule has 0 aliphatic heterocycles. The summed E-state index contributed by atoms with van der Waals surface area (Å²) in [6.45, 7) is 4.95. The molecule has 0 saturated carbocycles. The maximum absolute atomic E-state index is 13.2. The summed E-state index contributed by atoms with van der Waals surface area (Å²) in [5.41, 5.74) is 19.9. The third-order valence-electron chi connectivity index (χ3n) is 10.5. The molecule has 5 aromatic carbocycles. The average Bonchev–Trinajstić information content (AvgIpc) is 3.23. The molecular formula is C47H55Cl2N7O3+2. The number of nitrogens with two attached hydrogens (primary N) is 2. The monoisotopic (exact) mass is 835 g/mol. The lowest BCUT2D eigenvalue weighted by molar-refractivity contribution is -0.887. The predicted octanol–water partition coefficient (Wildman–Crippen LogP) is 7.23. The van der Waals surface area contributed by atoms with Gasteiger partial charge in [-0.15, -0.1) is 23.2 Å². The minimum atomic E-state index is -0.125. The second kappa shape index (κ2) is 20.4. The number of pyridine rings is 1. The van der Waals surface area contributed by atoms with Crippen LogP contribution in [0.3, 0.4) is 0 Å². The van der Waals surface area contributed by atoms with E-state index in [9.17, 15) is 9.59 Å². The lowest BCUT2D eigenvalue weighted by atomic mass is 9.97. The summed E-state index contributed by atoms with van der Waals surface area (Å²) < 4.78 is 8.78. The molecule has 6 aromatic rings. The summed E-state index contributed by atoms with van der Waals surface area (Å²) in [7, 11) is 4.19. The summed E-state index contributed by atoms with van der Waals surface area (Å²) in [5, 5.41) is 9.35. The van der Waals surface area contributed by atoms with Crippen LogP contribution in [0.1, 0.15) is 28.8 Å². The maximum atomic E-state index is 13.2. The van der Waals surface area contributed by atoms with Gasteiger partial charge in [0.05, 0.1) is 57.7 Å². The standard InChI is InChI=1S/C47H53Cl2N7O3/c1-56(2,28-24-52-45(57)9-6-30-59-40-18-16-39(17-19-40)54(26-22-48)27-23-49)29-25-53-47(58)36-12-10-34(11-13-36)33-55-44-32-38(51)15-21-42(44)41-20-14-37(50)31-43(41)46(55)35-7-4-3-5-8-35/h3-5,7-8,10-21,31-32,51H,6,9,22-30,33,50H2,1-2H3,(H-,52,53,57,58)/p+2. The molecule has 1 aromatic heterocycles. The molecule has 0 radical (unpaired) electrons. The molecule has 2 amide bonds. The Morgan fingerprint density at radius 2 is 1.39 bits per heavy atom. The number of ether oxygens (including phenoxy) is 1. The largest absolute Gasteiger partial charge is 0.494 e. The van der Waals surface area contributed by atoms with Gasteiger partial charge in [0.25, 0.3) is 5.91 Å². The van der Waals surface area contributed by atoms with E-state index in [-0.39, 0.29) is 11.8 Å². The van der Waals surface area contributed by atoms with E-state index in [1.807, 2.05) is 91.0 Å². The van der Waals surface area contributed by atoms with E-state index in [2.05, 4.69) is 58.5 Å².